The lowest BCUT2D eigenvalue weighted by molar-refractivity contribution is 0.570. The molecule has 0 radical (unpaired) electrons. The van der Waals surface area contributed by atoms with Gasteiger partial charge in [-0.1, -0.05) is 0 Å². The molecule has 7 heteroatoms. The summed E-state index contributed by atoms with van der Waals surface area (Å²) in [6.07, 6.45) is 7.19. The van der Waals surface area contributed by atoms with Crippen LogP contribution in [0.1, 0.15) is 19.3 Å². The van der Waals surface area contributed by atoms with Crippen molar-refractivity contribution in [2.45, 2.75) is 19.3 Å². The molecule has 1 aromatic carbocycles. The Morgan fingerprint density at radius 1 is 0.846 bits per heavy atom. The summed E-state index contributed by atoms with van der Waals surface area (Å²) in [5, 5.41) is 0. The van der Waals surface area contributed by atoms with E-state index in [2.05, 4.69) is 14.9 Å². The van der Waals surface area contributed by atoms with Crippen LogP contribution in [0.2, 0.25) is 0 Å². The van der Waals surface area contributed by atoms with Crippen molar-refractivity contribution in [3.63, 3.8) is 0 Å². The minimum atomic E-state index is -0.236. The van der Waals surface area contributed by atoms with Crippen LogP contribution in [0, 0.1) is 5.82 Å². The number of hydrogen-bond donors (Lipinski definition) is 1. The average Bonchev–Trinajstić information content (AvgIpc) is 3.09. The molecular formula is C19H21Cl2FN4. The second kappa shape index (κ2) is 9.01. The zero-order valence-electron chi connectivity index (χ0n) is 14.2. The van der Waals surface area contributed by atoms with E-state index in [9.17, 15) is 4.39 Å². The number of aromatic amines is 1. The third-order valence-corrected chi connectivity index (χ3v) is 4.43. The van der Waals surface area contributed by atoms with E-state index >= 15 is 0 Å². The van der Waals surface area contributed by atoms with Gasteiger partial charge >= 0.3 is 0 Å². The highest BCUT2D eigenvalue weighted by atomic mass is 35.5. The van der Waals surface area contributed by atoms with Crippen LogP contribution in [0.15, 0.2) is 48.8 Å². The molecule has 1 N–H and O–H groups in total. The molecule has 1 aliphatic heterocycles. The van der Waals surface area contributed by atoms with E-state index in [0.29, 0.717) is 0 Å². The molecule has 1 aliphatic rings. The summed E-state index contributed by atoms with van der Waals surface area (Å²) in [7, 11) is 0. The zero-order valence-corrected chi connectivity index (χ0v) is 15.8. The largest absolute Gasteiger partial charge is 0.342 e. The molecular weight excluding hydrogens is 374 g/mol. The van der Waals surface area contributed by atoms with Gasteiger partial charge in [0, 0.05) is 36.6 Å². The Bertz CT molecular complexity index is 815. The van der Waals surface area contributed by atoms with Gasteiger partial charge in [-0.2, -0.15) is 0 Å². The van der Waals surface area contributed by atoms with Crippen molar-refractivity contribution in [3.05, 3.63) is 54.6 Å². The third-order valence-electron chi connectivity index (χ3n) is 4.43. The Morgan fingerprint density at radius 2 is 1.50 bits per heavy atom. The molecule has 0 saturated carbocycles. The van der Waals surface area contributed by atoms with Crippen LogP contribution >= 0.6 is 24.8 Å². The van der Waals surface area contributed by atoms with Crippen LogP contribution < -0.4 is 4.90 Å². The second-order valence-corrected chi connectivity index (χ2v) is 6.07. The summed E-state index contributed by atoms with van der Waals surface area (Å²) < 4.78 is 13.3. The van der Waals surface area contributed by atoms with Crippen LogP contribution in [0.4, 0.5) is 10.3 Å². The molecule has 138 valence electrons. The maximum absolute atomic E-state index is 13.3. The van der Waals surface area contributed by atoms with Crippen molar-refractivity contribution in [2.75, 3.05) is 18.0 Å². The fourth-order valence-corrected chi connectivity index (χ4v) is 3.16. The molecule has 0 bridgehead atoms. The number of anilines is 1. The van der Waals surface area contributed by atoms with E-state index in [0.717, 1.165) is 41.6 Å². The smallest absolute Gasteiger partial charge is 0.203 e. The van der Waals surface area contributed by atoms with Gasteiger partial charge < -0.3 is 9.88 Å². The molecule has 4 nitrogen and oxygen atoms in total. The average molecular weight is 395 g/mol. The van der Waals surface area contributed by atoms with Gasteiger partial charge in [0.15, 0.2) is 0 Å². The minimum absolute atomic E-state index is 0. The fraction of sp³-hybridized carbons (Fsp3) is 0.263. The number of hydrogen-bond acceptors (Lipinski definition) is 3. The monoisotopic (exact) mass is 394 g/mol. The Morgan fingerprint density at radius 3 is 2.15 bits per heavy atom. The lowest BCUT2D eigenvalue weighted by atomic mass is 10.1. The Labute approximate surface area is 164 Å². The number of halogens is 3. The maximum Gasteiger partial charge on any atom is 0.203 e. The summed E-state index contributed by atoms with van der Waals surface area (Å²) in [6, 6.07) is 10.4. The van der Waals surface area contributed by atoms with Gasteiger partial charge in [0.05, 0.1) is 11.4 Å². The summed E-state index contributed by atoms with van der Waals surface area (Å²) in [5.74, 6) is 0.654. The van der Waals surface area contributed by atoms with Gasteiger partial charge in [-0.15, -0.1) is 24.8 Å². The quantitative estimate of drug-likeness (QED) is 0.670. The standard InChI is InChI=1S/C19H19FN4.2ClH/c20-16-6-4-14(5-7-16)17-18(15-8-10-21-11-9-15)23-19(22-17)24-12-2-1-3-13-24;;/h4-11H,1-3,12-13H2,(H,22,23);2*1H. The summed E-state index contributed by atoms with van der Waals surface area (Å²) >= 11 is 0. The lowest BCUT2D eigenvalue weighted by Crippen LogP contribution is -2.30. The molecule has 1 fully saturated rings. The topological polar surface area (TPSA) is 44.8 Å². The first-order valence-electron chi connectivity index (χ1n) is 8.32. The van der Waals surface area contributed by atoms with Crippen LogP contribution in [0.25, 0.3) is 22.5 Å². The molecule has 4 rings (SSSR count). The molecule has 0 atom stereocenters. The first-order chi connectivity index (χ1) is 11.8. The van der Waals surface area contributed by atoms with E-state index in [-0.39, 0.29) is 30.6 Å². The summed E-state index contributed by atoms with van der Waals surface area (Å²) in [6.45, 7) is 2.04. The molecule has 2 aromatic heterocycles. The number of nitrogens with one attached hydrogen (secondary N) is 1. The molecule has 26 heavy (non-hydrogen) atoms. The molecule has 0 aliphatic carbocycles. The Balaban J connectivity index is 0.00000121. The molecule has 0 unspecified atom stereocenters. The predicted octanol–water partition coefficient (Wildman–Crippen LogP) is 5.11. The molecule has 1 saturated heterocycles. The molecule has 0 amide bonds. The SMILES string of the molecule is Cl.Cl.Fc1ccc(-c2[nH]c(N3CCCCC3)nc2-c2ccncc2)cc1. The predicted molar refractivity (Wildman–Crippen MR) is 108 cm³/mol. The van der Waals surface area contributed by atoms with Crippen LogP contribution in [0.3, 0.4) is 0 Å². The number of H-pyrrole nitrogens is 1. The van der Waals surface area contributed by atoms with Gasteiger partial charge in [0.25, 0.3) is 0 Å². The van der Waals surface area contributed by atoms with E-state index in [1.54, 1.807) is 24.5 Å². The highest BCUT2D eigenvalue weighted by Gasteiger charge is 2.19. The zero-order chi connectivity index (χ0) is 16.4. The molecule has 3 heterocycles. The van der Waals surface area contributed by atoms with Gasteiger partial charge in [0.1, 0.15) is 5.82 Å². The number of aromatic nitrogens is 3. The third kappa shape index (κ3) is 4.17. The number of benzene rings is 1. The highest BCUT2D eigenvalue weighted by molar-refractivity contribution is 5.85. The van der Waals surface area contributed by atoms with E-state index < -0.39 is 0 Å². The Hall–Kier alpha value is -2.11. The van der Waals surface area contributed by atoms with E-state index in [4.69, 9.17) is 4.98 Å². The number of pyridine rings is 1. The summed E-state index contributed by atoms with van der Waals surface area (Å²) in [5.41, 5.74) is 3.73. The van der Waals surface area contributed by atoms with Crippen molar-refractivity contribution in [2.24, 2.45) is 0 Å². The minimum Gasteiger partial charge on any atom is -0.342 e. The van der Waals surface area contributed by atoms with Gasteiger partial charge in [0.2, 0.25) is 5.95 Å². The lowest BCUT2D eigenvalue weighted by Gasteiger charge is -2.25. The summed E-state index contributed by atoms with van der Waals surface area (Å²) in [4.78, 5) is 14.7. The first-order valence-corrected chi connectivity index (χ1v) is 8.32. The maximum atomic E-state index is 13.3. The number of piperidine rings is 1. The van der Waals surface area contributed by atoms with E-state index in [1.807, 2.05) is 12.1 Å². The molecule has 3 aromatic rings. The van der Waals surface area contributed by atoms with Crippen molar-refractivity contribution in [1.29, 1.82) is 0 Å². The second-order valence-electron chi connectivity index (χ2n) is 6.07. The number of imidazole rings is 1. The van der Waals surface area contributed by atoms with Crippen LogP contribution in [-0.4, -0.2) is 28.0 Å². The number of rotatable bonds is 3. The van der Waals surface area contributed by atoms with Gasteiger partial charge in [-0.3, -0.25) is 4.98 Å². The molecule has 0 spiro atoms. The first kappa shape index (κ1) is 20.2. The van der Waals surface area contributed by atoms with Crippen LogP contribution in [0.5, 0.6) is 0 Å². The van der Waals surface area contributed by atoms with Crippen molar-refractivity contribution < 1.29 is 4.39 Å². The van der Waals surface area contributed by atoms with Crippen LogP contribution in [-0.2, 0) is 0 Å². The van der Waals surface area contributed by atoms with Gasteiger partial charge in [-0.25, -0.2) is 9.37 Å². The number of nitrogens with zero attached hydrogens (tertiary/aromatic N) is 3. The van der Waals surface area contributed by atoms with E-state index in [1.165, 1.54) is 31.4 Å². The van der Waals surface area contributed by atoms with Crippen molar-refractivity contribution in [1.82, 2.24) is 15.0 Å². The van der Waals surface area contributed by atoms with Crippen molar-refractivity contribution in [3.8, 4) is 22.5 Å². The highest BCUT2D eigenvalue weighted by Crippen LogP contribution is 2.33. The normalized spacial score (nSPS) is 13.7. The Kier molecular flexibility index (Phi) is 7.00. The van der Waals surface area contributed by atoms with Crippen molar-refractivity contribution >= 4 is 30.8 Å². The van der Waals surface area contributed by atoms with Gasteiger partial charge in [-0.05, 0) is 55.7 Å². The fourth-order valence-electron chi connectivity index (χ4n) is 3.16.